The number of nitrogens with one attached hydrogen (secondary N) is 1. The number of hydrogen-bond acceptors (Lipinski definition) is 4. The van der Waals surface area contributed by atoms with Crippen molar-refractivity contribution < 1.29 is 4.79 Å². The molecule has 4 nitrogen and oxygen atoms in total. The molecule has 19 heavy (non-hydrogen) atoms. The van der Waals surface area contributed by atoms with E-state index in [-0.39, 0.29) is 24.4 Å². The minimum atomic E-state index is 0. The number of rotatable bonds is 8. The summed E-state index contributed by atoms with van der Waals surface area (Å²) in [5.74, 6) is 0.0323. The standard InChI is InChI=1S/C13H23N3OS.ClH/c1-3-16(4-2)12(11-6-8-18-10-11)9-15-13(17)5-7-14;/h6,8,10,12H,3-5,7,9,14H2,1-2H3,(H,15,17);1H. The second kappa shape index (κ2) is 10.2. The van der Waals surface area contributed by atoms with Gasteiger partial charge in [-0.1, -0.05) is 13.8 Å². The van der Waals surface area contributed by atoms with Gasteiger partial charge in [0.15, 0.2) is 0 Å². The first-order valence-corrected chi connectivity index (χ1v) is 7.40. The van der Waals surface area contributed by atoms with E-state index in [0.717, 1.165) is 13.1 Å². The van der Waals surface area contributed by atoms with Crippen LogP contribution >= 0.6 is 23.7 Å². The van der Waals surface area contributed by atoms with Gasteiger partial charge in [-0.3, -0.25) is 9.69 Å². The molecular formula is C13H24ClN3OS. The molecule has 110 valence electrons. The molecule has 1 aromatic heterocycles. The van der Waals surface area contributed by atoms with Gasteiger partial charge in [0.1, 0.15) is 0 Å². The summed E-state index contributed by atoms with van der Waals surface area (Å²) in [4.78, 5) is 13.9. The third-order valence-electron chi connectivity index (χ3n) is 3.05. The zero-order valence-corrected chi connectivity index (χ0v) is 13.2. The molecular weight excluding hydrogens is 282 g/mol. The summed E-state index contributed by atoms with van der Waals surface area (Å²) in [7, 11) is 0. The molecule has 0 bridgehead atoms. The van der Waals surface area contributed by atoms with E-state index in [1.807, 2.05) is 0 Å². The van der Waals surface area contributed by atoms with Gasteiger partial charge >= 0.3 is 0 Å². The van der Waals surface area contributed by atoms with Crippen molar-refractivity contribution in [3.05, 3.63) is 22.4 Å². The number of nitrogens with two attached hydrogens (primary N) is 1. The summed E-state index contributed by atoms with van der Waals surface area (Å²) in [6.45, 7) is 7.29. The number of hydrogen-bond donors (Lipinski definition) is 2. The summed E-state index contributed by atoms with van der Waals surface area (Å²) >= 11 is 1.69. The number of thiophene rings is 1. The Balaban J connectivity index is 0.00000324. The third-order valence-corrected chi connectivity index (χ3v) is 3.75. The zero-order valence-electron chi connectivity index (χ0n) is 11.6. The van der Waals surface area contributed by atoms with Crippen LogP contribution in [0.15, 0.2) is 16.8 Å². The average Bonchev–Trinajstić information content (AvgIpc) is 2.88. The number of nitrogens with zero attached hydrogens (tertiary/aromatic N) is 1. The van der Waals surface area contributed by atoms with Crippen molar-refractivity contribution >= 4 is 29.7 Å². The second-order valence-corrected chi connectivity index (χ2v) is 4.92. The molecule has 3 N–H and O–H groups in total. The van der Waals surface area contributed by atoms with Gasteiger partial charge in [0.25, 0.3) is 0 Å². The second-order valence-electron chi connectivity index (χ2n) is 4.14. The van der Waals surface area contributed by atoms with Crippen molar-refractivity contribution in [1.29, 1.82) is 0 Å². The van der Waals surface area contributed by atoms with E-state index in [1.54, 1.807) is 11.3 Å². The number of likely N-dealkylation sites (N-methyl/N-ethyl adjacent to an activating group) is 1. The van der Waals surface area contributed by atoms with Gasteiger partial charge in [0.2, 0.25) is 5.91 Å². The van der Waals surface area contributed by atoms with Crippen LogP contribution < -0.4 is 11.1 Å². The van der Waals surface area contributed by atoms with E-state index in [1.165, 1.54) is 5.56 Å². The maximum absolute atomic E-state index is 11.5. The fourth-order valence-electron chi connectivity index (χ4n) is 2.02. The normalized spacial score (nSPS) is 12.0. The van der Waals surface area contributed by atoms with Gasteiger partial charge in [-0.15, -0.1) is 12.4 Å². The monoisotopic (exact) mass is 305 g/mol. The van der Waals surface area contributed by atoms with E-state index >= 15 is 0 Å². The SMILES string of the molecule is CCN(CC)C(CNC(=O)CCN)c1ccsc1.Cl. The number of carbonyl (C=O) groups excluding carboxylic acids is 1. The lowest BCUT2D eigenvalue weighted by Crippen LogP contribution is -2.38. The molecule has 1 rings (SSSR count). The topological polar surface area (TPSA) is 58.4 Å². The maximum atomic E-state index is 11.5. The van der Waals surface area contributed by atoms with E-state index in [2.05, 4.69) is 40.9 Å². The van der Waals surface area contributed by atoms with Crippen molar-refractivity contribution in [1.82, 2.24) is 10.2 Å². The quantitative estimate of drug-likeness (QED) is 0.772. The highest BCUT2D eigenvalue weighted by Crippen LogP contribution is 2.22. The predicted molar refractivity (Wildman–Crippen MR) is 83.9 cm³/mol. The highest BCUT2D eigenvalue weighted by Gasteiger charge is 2.18. The van der Waals surface area contributed by atoms with Crippen LogP contribution in [0.3, 0.4) is 0 Å². The van der Waals surface area contributed by atoms with Gasteiger partial charge in [-0.25, -0.2) is 0 Å². The molecule has 0 spiro atoms. The molecule has 0 aliphatic carbocycles. The highest BCUT2D eigenvalue weighted by molar-refractivity contribution is 7.07. The third kappa shape index (κ3) is 5.91. The first kappa shape index (κ1) is 18.4. The van der Waals surface area contributed by atoms with Gasteiger partial charge in [-0.05, 0) is 35.5 Å². The Morgan fingerprint density at radius 1 is 1.47 bits per heavy atom. The van der Waals surface area contributed by atoms with Crippen molar-refractivity contribution in [2.45, 2.75) is 26.3 Å². The maximum Gasteiger partial charge on any atom is 0.221 e. The average molecular weight is 306 g/mol. The largest absolute Gasteiger partial charge is 0.354 e. The summed E-state index contributed by atoms with van der Waals surface area (Å²) in [5, 5.41) is 7.19. The highest BCUT2D eigenvalue weighted by atomic mass is 35.5. The van der Waals surface area contributed by atoms with E-state index < -0.39 is 0 Å². The molecule has 0 saturated heterocycles. The first-order valence-electron chi connectivity index (χ1n) is 6.45. The van der Waals surface area contributed by atoms with Crippen LogP contribution in [0.1, 0.15) is 31.9 Å². The van der Waals surface area contributed by atoms with Crippen molar-refractivity contribution in [2.75, 3.05) is 26.2 Å². The molecule has 1 atom stereocenters. The molecule has 6 heteroatoms. The van der Waals surface area contributed by atoms with Crippen molar-refractivity contribution in [3.63, 3.8) is 0 Å². The van der Waals surface area contributed by atoms with E-state index in [0.29, 0.717) is 19.5 Å². The van der Waals surface area contributed by atoms with Crippen LogP contribution in [0, 0.1) is 0 Å². The Labute approximate surface area is 125 Å². The van der Waals surface area contributed by atoms with Crippen LogP contribution in [0.25, 0.3) is 0 Å². The fourth-order valence-corrected chi connectivity index (χ4v) is 2.72. The molecule has 0 saturated carbocycles. The van der Waals surface area contributed by atoms with Crippen molar-refractivity contribution in [2.24, 2.45) is 5.73 Å². The first-order chi connectivity index (χ1) is 8.72. The summed E-state index contributed by atoms with van der Waals surface area (Å²) in [6.07, 6.45) is 0.397. The Morgan fingerprint density at radius 3 is 2.63 bits per heavy atom. The number of halogens is 1. The van der Waals surface area contributed by atoms with E-state index in [4.69, 9.17) is 5.73 Å². The van der Waals surface area contributed by atoms with Crippen LogP contribution in [-0.4, -0.2) is 37.0 Å². The molecule has 1 amide bonds. The molecule has 1 unspecified atom stereocenters. The lowest BCUT2D eigenvalue weighted by Gasteiger charge is -2.29. The van der Waals surface area contributed by atoms with Crippen LogP contribution in [0.5, 0.6) is 0 Å². The number of carbonyl (C=O) groups is 1. The fraction of sp³-hybridized carbons (Fsp3) is 0.615. The minimum absolute atomic E-state index is 0. The van der Waals surface area contributed by atoms with Crippen molar-refractivity contribution in [3.8, 4) is 0 Å². The molecule has 0 aliphatic heterocycles. The summed E-state index contributed by atoms with van der Waals surface area (Å²) < 4.78 is 0. The number of amides is 1. The predicted octanol–water partition coefficient (Wildman–Crippen LogP) is 2.02. The van der Waals surface area contributed by atoms with Gasteiger partial charge < -0.3 is 11.1 Å². The summed E-state index contributed by atoms with van der Waals surface area (Å²) in [6, 6.07) is 2.39. The lowest BCUT2D eigenvalue weighted by atomic mass is 10.1. The Kier molecular flexibility index (Phi) is 9.87. The van der Waals surface area contributed by atoms with Gasteiger partial charge in [-0.2, -0.15) is 11.3 Å². The Morgan fingerprint density at radius 2 is 2.16 bits per heavy atom. The zero-order chi connectivity index (χ0) is 13.4. The lowest BCUT2D eigenvalue weighted by molar-refractivity contribution is -0.121. The minimum Gasteiger partial charge on any atom is -0.354 e. The van der Waals surface area contributed by atoms with E-state index in [9.17, 15) is 4.79 Å². The van der Waals surface area contributed by atoms with Crippen LogP contribution in [0.2, 0.25) is 0 Å². The van der Waals surface area contributed by atoms with Crippen LogP contribution in [-0.2, 0) is 4.79 Å². The van der Waals surface area contributed by atoms with Gasteiger partial charge in [0.05, 0.1) is 6.04 Å². The molecule has 0 radical (unpaired) electrons. The smallest absolute Gasteiger partial charge is 0.221 e. The molecule has 1 heterocycles. The van der Waals surface area contributed by atoms with Crippen LogP contribution in [0.4, 0.5) is 0 Å². The molecule has 0 aromatic carbocycles. The Hall–Kier alpha value is -0.620. The Bertz CT molecular complexity index is 342. The van der Waals surface area contributed by atoms with Gasteiger partial charge in [0, 0.05) is 19.5 Å². The summed E-state index contributed by atoms with van der Waals surface area (Å²) in [5.41, 5.74) is 6.65. The molecule has 0 aliphatic rings. The molecule has 1 aromatic rings. The molecule has 0 fully saturated rings.